The molecule has 0 aliphatic heterocycles. The number of rotatable bonds is 8. The average Bonchev–Trinajstić information content (AvgIpc) is 2.58. The van der Waals surface area contributed by atoms with Crippen molar-refractivity contribution in [3.63, 3.8) is 0 Å². The third-order valence-corrected chi connectivity index (χ3v) is 4.32. The van der Waals surface area contributed by atoms with E-state index in [1.807, 2.05) is 6.07 Å². The number of amides is 2. The first-order valence-corrected chi connectivity index (χ1v) is 8.59. The Labute approximate surface area is 149 Å². The fraction of sp³-hybridized carbons (Fsp3) is 0.176. The van der Waals surface area contributed by atoms with Crippen molar-refractivity contribution in [1.29, 1.82) is 0 Å². The summed E-state index contributed by atoms with van der Waals surface area (Å²) in [6.45, 7) is 0.695. The van der Waals surface area contributed by atoms with Crippen LogP contribution in [-0.2, 0) is 4.79 Å². The summed E-state index contributed by atoms with van der Waals surface area (Å²) < 4.78 is 5.52. The van der Waals surface area contributed by atoms with Gasteiger partial charge in [0.2, 0.25) is 5.91 Å². The summed E-state index contributed by atoms with van der Waals surface area (Å²) in [5, 5.41) is 3.43. The first-order valence-electron chi connectivity index (χ1n) is 7.23. The largest absolute Gasteiger partial charge is 0.492 e. The van der Waals surface area contributed by atoms with Crippen molar-refractivity contribution in [3.8, 4) is 5.75 Å². The number of carbonyl (C=O) groups is 2. The van der Waals surface area contributed by atoms with Gasteiger partial charge in [-0.2, -0.15) is 0 Å². The molecule has 0 bridgehead atoms. The predicted octanol–water partition coefficient (Wildman–Crippen LogP) is 2.73. The van der Waals surface area contributed by atoms with Crippen LogP contribution in [0.25, 0.3) is 0 Å². The molecule has 0 radical (unpaired) electrons. The highest BCUT2D eigenvalue weighted by atomic mass is 35.5. The van der Waals surface area contributed by atoms with Crippen LogP contribution >= 0.6 is 23.4 Å². The average molecular weight is 365 g/mol. The molecule has 0 aliphatic carbocycles. The lowest BCUT2D eigenvalue weighted by molar-refractivity contribution is -0.115. The van der Waals surface area contributed by atoms with E-state index in [2.05, 4.69) is 5.32 Å². The molecule has 126 valence electrons. The van der Waals surface area contributed by atoms with E-state index in [-0.39, 0.29) is 11.7 Å². The van der Waals surface area contributed by atoms with E-state index in [9.17, 15) is 9.59 Å². The number of hydrogen-bond donors (Lipinski definition) is 2. The summed E-state index contributed by atoms with van der Waals surface area (Å²) in [6.07, 6.45) is 0. The van der Waals surface area contributed by atoms with E-state index in [0.717, 1.165) is 0 Å². The van der Waals surface area contributed by atoms with Crippen LogP contribution in [-0.4, -0.2) is 30.7 Å². The van der Waals surface area contributed by atoms with Crippen molar-refractivity contribution in [2.75, 3.05) is 18.9 Å². The van der Waals surface area contributed by atoms with E-state index in [1.165, 1.54) is 11.8 Å². The van der Waals surface area contributed by atoms with Crippen molar-refractivity contribution in [3.05, 3.63) is 59.1 Å². The van der Waals surface area contributed by atoms with Crippen LogP contribution in [0, 0.1) is 0 Å². The Kier molecular flexibility index (Phi) is 6.96. The molecular weight excluding hydrogens is 348 g/mol. The summed E-state index contributed by atoms with van der Waals surface area (Å²) in [6, 6.07) is 14.1. The maximum absolute atomic E-state index is 12.3. The monoisotopic (exact) mass is 364 g/mol. The molecule has 0 spiro atoms. The number of primary amides is 1. The van der Waals surface area contributed by atoms with Crippen LogP contribution in [0.5, 0.6) is 5.75 Å². The number of hydrogen-bond acceptors (Lipinski definition) is 4. The molecule has 7 heteroatoms. The lowest BCUT2D eigenvalue weighted by atomic mass is 10.2. The van der Waals surface area contributed by atoms with Crippen LogP contribution in [0.2, 0.25) is 5.02 Å². The summed E-state index contributed by atoms with van der Waals surface area (Å²) in [5.41, 5.74) is 5.65. The molecule has 0 saturated carbocycles. The Morgan fingerprint density at radius 3 is 2.54 bits per heavy atom. The van der Waals surface area contributed by atoms with Gasteiger partial charge in [-0.1, -0.05) is 23.7 Å². The number of halogens is 1. The van der Waals surface area contributed by atoms with Crippen molar-refractivity contribution in [1.82, 2.24) is 5.32 Å². The summed E-state index contributed by atoms with van der Waals surface area (Å²) in [7, 11) is 0. The SMILES string of the molecule is NC(=O)CSc1ccccc1C(=O)NCCOc1ccc(Cl)cc1. The van der Waals surface area contributed by atoms with Crippen molar-refractivity contribution >= 4 is 35.2 Å². The molecule has 2 rings (SSSR count). The van der Waals surface area contributed by atoms with Crippen LogP contribution in [0.1, 0.15) is 10.4 Å². The Morgan fingerprint density at radius 2 is 1.83 bits per heavy atom. The zero-order valence-electron chi connectivity index (χ0n) is 12.8. The van der Waals surface area contributed by atoms with Crippen molar-refractivity contribution in [2.24, 2.45) is 5.73 Å². The third kappa shape index (κ3) is 5.79. The maximum atomic E-state index is 12.3. The minimum absolute atomic E-state index is 0.129. The molecule has 2 amide bonds. The summed E-state index contributed by atoms with van der Waals surface area (Å²) in [4.78, 5) is 23.9. The topological polar surface area (TPSA) is 81.4 Å². The number of thioether (sulfide) groups is 1. The third-order valence-electron chi connectivity index (χ3n) is 2.97. The molecule has 0 saturated heterocycles. The van der Waals surface area contributed by atoms with Gasteiger partial charge in [0.1, 0.15) is 12.4 Å². The van der Waals surface area contributed by atoms with E-state index < -0.39 is 5.91 Å². The maximum Gasteiger partial charge on any atom is 0.252 e. The molecule has 2 aromatic carbocycles. The van der Waals surface area contributed by atoms with Gasteiger partial charge in [0, 0.05) is 9.92 Å². The first-order chi connectivity index (χ1) is 11.6. The van der Waals surface area contributed by atoms with E-state index >= 15 is 0 Å². The zero-order valence-corrected chi connectivity index (χ0v) is 14.4. The second-order valence-corrected chi connectivity index (χ2v) is 6.26. The van der Waals surface area contributed by atoms with Crippen LogP contribution in [0.4, 0.5) is 0 Å². The molecule has 0 aliphatic rings. The minimum Gasteiger partial charge on any atom is -0.492 e. The van der Waals surface area contributed by atoms with E-state index in [4.69, 9.17) is 22.1 Å². The molecule has 0 fully saturated rings. The number of benzene rings is 2. The first kappa shape index (κ1) is 18.2. The Bertz CT molecular complexity index is 707. The van der Waals surface area contributed by atoms with Gasteiger partial charge in [-0.15, -0.1) is 11.8 Å². The highest BCUT2D eigenvalue weighted by Gasteiger charge is 2.11. The standard InChI is InChI=1S/C17H17ClN2O3S/c18-12-5-7-13(8-6-12)23-10-9-20-17(22)14-3-1-2-4-15(14)24-11-16(19)21/h1-8H,9-11H2,(H2,19,21)(H,20,22). The number of nitrogens with two attached hydrogens (primary N) is 1. The highest BCUT2D eigenvalue weighted by Crippen LogP contribution is 2.22. The molecule has 0 aromatic heterocycles. The van der Waals surface area contributed by atoms with Crippen LogP contribution in [0.3, 0.4) is 0 Å². The smallest absolute Gasteiger partial charge is 0.252 e. The van der Waals surface area contributed by atoms with Gasteiger partial charge in [-0.25, -0.2) is 0 Å². The molecule has 2 aromatic rings. The molecule has 24 heavy (non-hydrogen) atoms. The Balaban J connectivity index is 1.84. The van der Waals surface area contributed by atoms with Crippen molar-refractivity contribution < 1.29 is 14.3 Å². The number of carbonyl (C=O) groups excluding carboxylic acids is 2. The van der Waals surface area contributed by atoms with Gasteiger partial charge in [0.25, 0.3) is 5.91 Å². The lowest BCUT2D eigenvalue weighted by Gasteiger charge is -2.10. The quantitative estimate of drug-likeness (QED) is 0.557. The second-order valence-electron chi connectivity index (χ2n) is 4.81. The number of nitrogens with one attached hydrogen (secondary N) is 1. The van der Waals surface area contributed by atoms with Gasteiger partial charge in [0.15, 0.2) is 0 Å². The fourth-order valence-corrected chi connectivity index (χ4v) is 2.80. The lowest BCUT2D eigenvalue weighted by Crippen LogP contribution is -2.28. The molecular formula is C17H17ClN2O3S. The van der Waals surface area contributed by atoms with Crippen LogP contribution < -0.4 is 15.8 Å². The summed E-state index contributed by atoms with van der Waals surface area (Å²) >= 11 is 7.04. The van der Waals surface area contributed by atoms with Gasteiger partial charge >= 0.3 is 0 Å². The molecule has 3 N–H and O–H groups in total. The van der Waals surface area contributed by atoms with Crippen LogP contribution in [0.15, 0.2) is 53.4 Å². The molecule has 5 nitrogen and oxygen atoms in total. The van der Waals surface area contributed by atoms with Gasteiger partial charge in [-0.3, -0.25) is 9.59 Å². The highest BCUT2D eigenvalue weighted by molar-refractivity contribution is 8.00. The van der Waals surface area contributed by atoms with E-state index in [0.29, 0.717) is 34.4 Å². The van der Waals surface area contributed by atoms with E-state index in [1.54, 1.807) is 42.5 Å². The molecule has 0 atom stereocenters. The van der Waals surface area contributed by atoms with Gasteiger partial charge in [0.05, 0.1) is 17.9 Å². The molecule has 0 heterocycles. The second kappa shape index (κ2) is 9.20. The number of ether oxygens (including phenoxy) is 1. The Morgan fingerprint density at radius 1 is 1.12 bits per heavy atom. The fourth-order valence-electron chi connectivity index (χ4n) is 1.89. The zero-order chi connectivity index (χ0) is 17.4. The van der Waals surface area contributed by atoms with Gasteiger partial charge in [-0.05, 0) is 36.4 Å². The van der Waals surface area contributed by atoms with Gasteiger partial charge < -0.3 is 15.8 Å². The Hall–Kier alpha value is -2.18. The predicted molar refractivity (Wildman–Crippen MR) is 95.6 cm³/mol. The summed E-state index contributed by atoms with van der Waals surface area (Å²) in [5.74, 6) is 0.171. The molecule has 0 unspecified atom stereocenters. The van der Waals surface area contributed by atoms with Crippen molar-refractivity contribution in [2.45, 2.75) is 4.90 Å². The normalized spacial score (nSPS) is 10.2. The minimum atomic E-state index is -0.424.